The summed E-state index contributed by atoms with van der Waals surface area (Å²) in [7, 11) is 0. The number of ether oxygens (including phenoxy) is 3. The van der Waals surface area contributed by atoms with Gasteiger partial charge in [-0.3, -0.25) is 4.79 Å². The largest absolute Gasteiger partial charge is 0.461 e. The maximum absolute atomic E-state index is 13.2. The molecule has 0 radical (unpaired) electrons. The molecule has 148 valence electrons. The molecule has 0 unspecified atom stereocenters. The van der Waals surface area contributed by atoms with Gasteiger partial charge in [0.2, 0.25) is 0 Å². The highest BCUT2D eigenvalue weighted by molar-refractivity contribution is 5.82. The van der Waals surface area contributed by atoms with Gasteiger partial charge in [-0.05, 0) is 37.2 Å². The average Bonchev–Trinajstić information content (AvgIpc) is 3.19. The van der Waals surface area contributed by atoms with E-state index in [2.05, 4.69) is 6.58 Å². The second-order valence-corrected chi connectivity index (χ2v) is 9.90. The number of hydrogen-bond donors (Lipinski definition) is 3. The highest BCUT2D eigenvalue weighted by Gasteiger charge is 2.81. The topological polar surface area (TPSA) is 105 Å². The summed E-state index contributed by atoms with van der Waals surface area (Å²) >= 11 is 0. The van der Waals surface area contributed by atoms with Gasteiger partial charge in [-0.25, -0.2) is 0 Å². The maximum Gasteiger partial charge on any atom is 0.315 e. The van der Waals surface area contributed by atoms with Crippen LogP contribution in [-0.4, -0.2) is 58.8 Å². The molecule has 3 saturated carbocycles. The van der Waals surface area contributed by atoms with Crippen molar-refractivity contribution >= 4 is 5.97 Å². The van der Waals surface area contributed by atoms with Crippen LogP contribution in [0.1, 0.15) is 32.6 Å². The van der Waals surface area contributed by atoms with E-state index in [1.165, 1.54) is 0 Å². The molecule has 0 aromatic carbocycles. The zero-order chi connectivity index (χ0) is 18.9. The summed E-state index contributed by atoms with van der Waals surface area (Å²) in [5, 5.41) is 32.9. The normalized spacial score (nSPS) is 63.4. The molecular weight excluding hydrogens is 352 g/mol. The summed E-state index contributed by atoms with van der Waals surface area (Å²) in [4.78, 5) is 13.2. The number of esters is 1. The van der Waals surface area contributed by atoms with Crippen LogP contribution in [0.15, 0.2) is 12.2 Å². The van der Waals surface area contributed by atoms with Gasteiger partial charge in [0.1, 0.15) is 11.5 Å². The Hall–Kier alpha value is -0.990. The van der Waals surface area contributed by atoms with Crippen molar-refractivity contribution < 1.29 is 34.3 Å². The molecule has 3 heterocycles. The van der Waals surface area contributed by atoms with Crippen molar-refractivity contribution in [2.45, 2.75) is 63.5 Å². The number of carbonyl (C=O) groups is 1. The maximum atomic E-state index is 13.2. The summed E-state index contributed by atoms with van der Waals surface area (Å²) in [6.45, 7) is 6.32. The highest BCUT2D eigenvalue weighted by atomic mass is 16.7. The first kappa shape index (κ1) is 16.9. The fraction of sp³-hybridized carbons (Fsp3) is 0.850. The Morgan fingerprint density at radius 1 is 1.22 bits per heavy atom. The molecule has 2 spiro atoms. The van der Waals surface area contributed by atoms with Gasteiger partial charge in [-0.1, -0.05) is 13.5 Å². The number of aliphatic hydroxyl groups excluding tert-OH is 3. The van der Waals surface area contributed by atoms with Crippen LogP contribution in [-0.2, 0) is 19.0 Å². The van der Waals surface area contributed by atoms with Crippen molar-refractivity contribution in [1.82, 2.24) is 0 Å². The van der Waals surface area contributed by atoms with Crippen LogP contribution >= 0.6 is 0 Å². The van der Waals surface area contributed by atoms with E-state index in [0.29, 0.717) is 37.9 Å². The van der Waals surface area contributed by atoms with E-state index in [1.807, 2.05) is 6.92 Å². The standard InChI is InChI=1S/C20H26O7/c1-8-9-5-10(21)12-19(6-9,14(8)22)17(24)26-11-3-4-18(2)13-15(27-16(18)23)25-7-20(11,12)13/h9-16,21-23H,1,3-7H2,2H3/t9-,10-,11+,12-,13-,14-,15-,16-,18-,19+,20+/m1/s1. The predicted molar refractivity (Wildman–Crippen MR) is 89.8 cm³/mol. The molecule has 7 nitrogen and oxygen atoms in total. The molecule has 0 aromatic heterocycles. The van der Waals surface area contributed by atoms with Gasteiger partial charge in [-0.2, -0.15) is 0 Å². The molecule has 3 aliphatic heterocycles. The van der Waals surface area contributed by atoms with Crippen LogP contribution in [0.5, 0.6) is 0 Å². The summed E-state index contributed by atoms with van der Waals surface area (Å²) in [5.74, 6) is -1.18. The van der Waals surface area contributed by atoms with E-state index < -0.39 is 59.0 Å². The zero-order valence-electron chi connectivity index (χ0n) is 15.3. The molecule has 2 bridgehead atoms. The molecule has 6 aliphatic rings. The fourth-order valence-corrected chi connectivity index (χ4v) is 7.99. The second-order valence-electron chi connectivity index (χ2n) is 9.90. The van der Waals surface area contributed by atoms with Crippen LogP contribution < -0.4 is 0 Å². The first-order valence-corrected chi connectivity index (χ1v) is 9.98. The molecule has 0 amide bonds. The third-order valence-corrected chi connectivity index (χ3v) is 9.05. The Balaban J connectivity index is 1.58. The van der Waals surface area contributed by atoms with Crippen LogP contribution in [0.4, 0.5) is 0 Å². The number of fused-ring (bicyclic) bond motifs is 1. The molecule has 3 N–H and O–H groups in total. The zero-order valence-corrected chi connectivity index (χ0v) is 15.3. The Kier molecular flexibility index (Phi) is 2.99. The predicted octanol–water partition coefficient (Wildman–Crippen LogP) is 0.324. The van der Waals surface area contributed by atoms with Crippen LogP contribution in [0.3, 0.4) is 0 Å². The van der Waals surface area contributed by atoms with Crippen molar-refractivity contribution in [2.75, 3.05) is 6.61 Å². The number of hydrogen-bond acceptors (Lipinski definition) is 7. The van der Waals surface area contributed by atoms with Gasteiger partial charge in [0.15, 0.2) is 12.6 Å². The molecule has 7 heteroatoms. The van der Waals surface area contributed by atoms with Crippen molar-refractivity contribution in [3.63, 3.8) is 0 Å². The van der Waals surface area contributed by atoms with E-state index in [1.54, 1.807) is 0 Å². The fourth-order valence-electron chi connectivity index (χ4n) is 7.99. The highest BCUT2D eigenvalue weighted by Crippen LogP contribution is 2.74. The van der Waals surface area contributed by atoms with Crippen LogP contribution in [0.25, 0.3) is 0 Å². The van der Waals surface area contributed by atoms with Crippen molar-refractivity contribution in [3.8, 4) is 0 Å². The smallest absolute Gasteiger partial charge is 0.315 e. The van der Waals surface area contributed by atoms with E-state index in [0.717, 1.165) is 0 Å². The lowest BCUT2D eigenvalue weighted by molar-refractivity contribution is -0.268. The van der Waals surface area contributed by atoms with E-state index in [4.69, 9.17) is 14.2 Å². The van der Waals surface area contributed by atoms with Gasteiger partial charge in [-0.15, -0.1) is 0 Å². The van der Waals surface area contributed by atoms with Gasteiger partial charge >= 0.3 is 5.97 Å². The summed E-state index contributed by atoms with van der Waals surface area (Å²) in [5.41, 5.74) is -1.75. The minimum absolute atomic E-state index is 0.0785. The second kappa shape index (κ2) is 4.76. The molecule has 27 heavy (non-hydrogen) atoms. The third-order valence-electron chi connectivity index (χ3n) is 9.05. The quantitative estimate of drug-likeness (QED) is 0.412. The van der Waals surface area contributed by atoms with Gasteiger partial charge < -0.3 is 29.5 Å². The molecule has 3 saturated heterocycles. The van der Waals surface area contributed by atoms with Crippen molar-refractivity contribution in [3.05, 3.63) is 12.2 Å². The molecule has 6 rings (SSSR count). The molecular formula is C20H26O7. The minimum Gasteiger partial charge on any atom is -0.461 e. The minimum atomic E-state index is -1.18. The monoisotopic (exact) mass is 378 g/mol. The molecule has 0 aromatic rings. The summed E-state index contributed by atoms with van der Waals surface area (Å²) < 4.78 is 17.7. The Morgan fingerprint density at radius 3 is 2.78 bits per heavy atom. The molecule has 11 atom stereocenters. The number of rotatable bonds is 0. The van der Waals surface area contributed by atoms with Crippen LogP contribution in [0, 0.1) is 34.0 Å². The van der Waals surface area contributed by atoms with Crippen molar-refractivity contribution in [1.29, 1.82) is 0 Å². The number of aliphatic hydroxyl groups is 3. The first-order valence-electron chi connectivity index (χ1n) is 9.98. The van der Waals surface area contributed by atoms with E-state index in [9.17, 15) is 20.1 Å². The number of carbonyl (C=O) groups excluding carboxylic acids is 1. The van der Waals surface area contributed by atoms with E-state index in [-0.39, 0.29) is 11.8 Å². The van der Waals surface area contributed by atoms with Gasteiger partial charge in [0.05, 0.1) is 18.8 Å². The Morgan fingerprint density at radius 2 is 2.00 bits per heavy atom. The van der Waals surface area contributed by atoms with Gasteiger partial charge in [0.25, 0.3) is 0 Å². The third kappa shape index (κ3) is 1.56. The lowest BCUT2D eigenvalue weighted by Crippen LogP contribution is -2.71. The lowest BCUT2D eigenvalue weighted by Gasteiger charge is -2.62. The van der Waals surface area contributed by atoms with Crippen LogP contribution in [0.2, 0.25) is 0 Å². The molecule has 6 fully saturated rings. The SMILES string of the molecule is C=C1[C@@H]2C[C@@H](O)[C@@H]3[C@](C2)(C(=O)O[C@H]2CC[C@@]4(C)[C@H](O)O[C@H]5OC[C@]23[C@H]54)[C@@H]1O. The Labute approximate surface area is 157 Å². The average molecular weight is 378 g/mol. The first-order chi connectivity index (χ1) is 12.8. The lowest BCUT2D eigenvalue weighted by atomic mass is 9.43. The summed E-state index contributed by atoms with van der Waals surface area (Å²) in [6, 6.07) is 0. The van der Waals surface area contributed by atoms with Gasteiger partial charge in [0, 0.05) is 22.7 Å². The van der Waals surface area contributed by atoms with E-state index >= 15 is 0 Å². The van der Waals surface area contributed by atoms with Crippen molar-refractivity contribution in [2.24, 2.45) is 34.0 Å². The Bertz CT molecular complexity index is 753. The summed E-state index contributed by atoms with van der Waals surface area (Å²) in [6.07, 6.45) is -1.50. The molecule has 3 aliphatic carbocycles.